The minimum Gasteiger partial charge on any atom is -0.506 e. The molecule has 1 amide bonds. The van der Waals surface area contributed by atoms with E-state index < -0.39 is 10.8 Å². The molecule has 0 radical (unpaired) electrons. The molecule has 0 saturated heterocycles. The molecule has 0 aliphatic heterocycles. The first-order valence-corrected chi connectivity index (χ1v) is 11.2. The van der Waals surface area contributed by atoms with Gasteiger partial charge < -0.3 is 15.4 Å². The van der Waals surface area contributed by atoms with Crippen LogP contribution in [0.2, 0.25) is 0 Å². The number of nitro groups is 1. The maximum atomic E-state index is 13.3. The zero-order valence-corrected chi connectivity index (χ0v) is 18.6. The zero-order valence-electron chi connectivity index (χ0n) is 16.9. The summed E-state index contributed by atoms with van der Waals surface area (Å²) in [4.78, 5) is 43.7. The van der Waals surface area contributed by atoms with Crippen LogP contribution in [0.3, 0.4) is 0 Å². The number of carbonyl (C=O) groups is 1. The molecule has 0 aliphatic carbocycles. The van der Waals surface area contributed by atoms with Crippen molar-refractivity contribution in [1.82, 2.24) is 9.97 Å². The third-order valence-electron chi connectivity index (χ3n) is 4.65. The standard InChI is InChI=1S/C21H15FN4O5S2/c1-10-17(11-2-4-12(22)5-3-11)18-19(29)24-21(25-20(18)33-10)32-9-16(28)23-14-8-13(26(30)31)6-7-15(14)27/h2-8,27H,9H2,1H3,(H,23,28)(H,24,25,29). The number of phenolic OH excluding ortho intramolecular Hbond substituents is 1. The molecule has 0 unspecified atom stereocenters. The number of thiophene rings is 1. The van der Waals surface area contributed by atoms with E-state index in [1.54, 1.807) is 12.1 Å². The molecule has 2 heterocycles. The molecule has 3 N–H and O–H groups in total. The summed E-state index contributed by atoms with van der Waals surface area (Å²) in [5, 5.41) is 23.7. The Labute approximate surface area is 193 Å². The van der Waals surface area contributed by atoms with Crippen LogP contribution in [0.25, 0.3) is 21.3 Å². The first-order valence-electron chi connectivity index (χ1n) is 9.42. The van der Waals surface area contributed by atoms with Crippen molar-refractivity contribution in [2.45, 2.75) is 12.1 Å². The third-order valence-corrected chi connectivity index (χ3v) is 6.53. The Morgan fingerprint density at radius 2 is 2.03 bits per heavy atom. The van der Waals surface area contributed by atoms with Gasteiger partial charge >= 0.3 is 0 Å². The van der Waals surface area contributed by atoms with Crippen LogP contribution in [-0.4, -0.2) is 31.7 Å². The number of halogens is 1. The highest BCUT2D eigenvalue weighted by Crippen LogP contribution is 2.36. The molecule has 0 fully saturated rings. The Balaban J connectivity index is 1.54. The number of nitrogens with one attached hydrogen (secondary N) is 2. The van der Waals surface area contributed by atoms with E-state index in [0.29, 0.717) is 21.3 Å². The van der Waals surface area contributed by atoms with Gasteiger partial charge in [0.25, 0.3) is 11.2 Å². The highest BCUT2D eigenvalue weighted by Gasteiger charge is 2.18. The number of aryl methyl sites for hydroxylation is 1. The lowest BCUT2D eigenvalue weighted by atomic mass is 10.0. The number of hydrogen-bond acceptors (Lipinski definition) is 8. The second kappa shape index (κ2) is 9.00. The van der Waals surface area contributed by atoms with Crippen molar-refractivity contribution in [2.24, 2.45) is 0 Å². The molecule has 9 nitrogen and oxygen atoms in total. The van der Waals surface area contributed by atoms with Crippen LogP contribution in [0.5, 0.6) is 5.75 Å². The first-order chi connectivity index (χ1) is 15.7. The van der Waals surface area contributed by atoms with Crippen molar-refractivity contribution in [3.05, 3.63) is 73.6 Å². The highest BCUT2D eigenvalue weighted by atomic mass is 32.2. The summed E-state index contributed by atoms with van der Waals surface area (Å²) in [5.41, 5.74) is 0.618. The van der Waals surface area contributed by atoms with Crippen molar-refractivity contribution >= 4 is 50.6 Å². The van der Waals surface area contributed by atoms with Gasteiger partial charge in [0.1, 0.15) is 16.4 Å². The zero-order chi connectivity index (χ0) is 23.7. The average molecular weight is 487 g/mol. The number of rotatable bonds is 6. The van der Waals surface area contributed by atoms with E-state index in [1.165, 1.54) is 23.5 Å². The van der Waals surface area contributed by atoms with Gasteiger partial charge in [0.15, 0.2) is 5.16 Å². The molecule has 0 atom stereocenters. The molecule has 168 valence electrons. The van der Waals surface area contributed by atoms with Crippen LogP contribution in [0.15, 0.2) is 52.4 Å². The lowest BCUT2D eigenvalue weighted by Gasteiger charge is -2.07. The van der Waals surface area contributed by atoms with Crippen LogP contribution in [-0.2, 0) is 4.79 Å². The fraction of sp³-hybridized carbons (Fsp3) is 0.0952. The number of aromatic nitrogens is 2. The first kappa shape index (κ1) is 22.4. The van der Waals surface area contributed by atoms with Gasteiger partial charge in [-0.1, -0.05) is 23.9 Å². The van der Waals surface area contributed by atoms with Crippen LogP contribution in [0, 0.1) is 22.9 Å². The van der Waals surface area contributed by atoms with Gasteiger partial charge in [0.05, 0.1) is 21.7 Å². The van der Waals surface area contributed by atoms with Crippen LogP contribution >= 0.6 is 23.1 Å². The van der Waals surface area contributed by atoms with Gasteiger partial charge in [-0.2, -0.15) is 0 Å². The largest absolute Gasteiger partial charge is 0.506 e. The van der Waals surface area contributed by atoms with E-state index in [1.807, 2.05) is 6.92 Å². The van der Waals surface area contributed by atoms with Crippen LogP contribution in [0.1, 0.15) is 4.88 Å². The van der Waals surface area contributed by atoms with Crippen molar-refractivity contribution in [3.63, 3.8) is 0 Å². The molecule has 2 aromatic carbocycles. The molecule has 4 rings (SSSR count). The Morgan fingerprint density at radius 3 is 2.73 bits per heavy atom. The summed E-state index contributed by atoms with van der Waals surface area (Å²) < 4.78 is 13.3. The number of H-pyrrole nitrogens is 1. The lowest BCUT2D eigenvalue weighted by Crippen LogP contribution is -2.15. The van der Waals surface area contributed by atoms with Gasteiger partial charge in [-0.3, -0.25) is 19.7 Å². The quantitative estimate of drug-likeness (QED) is 0.120. The molecule has 2 aromatic heterocycles. The van der Waals surface area contributed by atoms with Gasteiger partial charge in [0.2, 0.25) is 5.91 Å². The minimum atomic E-state index is -0.642. The molecule has 33 heavy (non-hydrogen) atoms. The number of nitrogens with zero attached hydrogens (tertiary/aromatic N) is 2. The fourth-order valence-corrected chi connectivity index (χ4v) is 4.95. The monoisotopic (exact) mass is 486 g/mol. The Hall–Kier alpha value is -3.77. The Morgan fingerprint density at radius 1 is 1.30 bits per heavy atom. The van der Waals surface area contributed by atoms with E-state index in [4.69, 9.17) is 0 Å². The second-order valence-corrected chi connectivity index (χ2v) is 9.05. The lowest BCUT2D eigenvalue weighted by molar-refractivity contribution is -0.384. The topological polar surface area (TPSA) is 138 Å². The number of phenols is 1. The summed E-state index contributed by atoms with van der Waals surface area (Å²) in [7, 11) is 0. The number of aromatic amines is 1. The Bertz CT molecular complexity index is 1450. The number of amides is 1. The minimum absolute atomic E-state index is 0.0930. The summed E-state index contributed by atoms with van der Waals surface area (Å²) in [6.07, 6.45) is 0. The van der Waals surface area contributed by atoms with Gasteiger partial charge in [0, 0.05) is 22.6 Å². The molecule has 0 spiro atoms. The van der Waals surface area contributed by atoms with E-state index in [9.17, 15) is 29.2 Å². The smallest absolute Gasteiger partial charge is 0.271 e. The third kappa shape index (κ3) is 4.71. The molecular formula is C21H15FN4O5S2. The molecule has 0 saturated carbocycles. The normalized spacial score (nSPS) is 11.0. The summed E-state index contributed by atoms with van der Waals surface area (Å²) in [6, 6.07) is 9.12. The number of thioether (sulfide) groups is 1. The van der Waals surface area contributed by atoms with Gasteiger partial charge in [-0.05, 0) is 30.7 Å². The van der Waals surface area contributed by atoms with Crippen LogP contribution < -0.4 is 10.9 Å². The maximum Gasteiger partial charge on any atom is 0.271 e. The van der Waals surface area contributed by atoms with Crippen molar-refractivity contribution in [2.75, 3.05) is 11.1 Å². The van der Waals surface area contributed by atoms with E-state index in [-0.39, 0.29) is 39.4 Å². The highest BCUT2D eigenvalue weighted by molar-refractivity contribution is 7.99. The van der Waals surface area contributed by atoms with Crippen molar-refractivity contribution in [3.8, 4) is 16.9 Å². The maximum absolute atomic E-state index is 13.3. The van der Waals surface area contributed by atoms with Crippen molar-refractivity contribution < 1.29 is 19.2 Å². The number of non-ortho nitro benzene ring substituents is 1. The number of hydrogen-bond donors (Lipinski definition) is 3. The summed E-state index contributed by atoms with van der Waals surface area (Å²) >= 11 is 2.28. The van der Waals surface area contributed by atoms with Crippen molar-refractivity contribution in [1.29, 1.82) is 0 Å². The van der Waals surface area contributed by atoms with Crippen LogP contribution in [0.4, 0.5) is 15.8 Å². The number of fused-ring (bicyclic) bond motifs is 1. The summed E-state index contributed by atoms with van der Waals surface area (Å²) in [6.45, 7) is 1.84. The van der Waals surface area contributed by atoms with E-state index in [2.05, 4.69) is 15.3 Å². The summed E-state index contributed by atoms with van der Waals surface area (Å²) in [5.74, 6) is -1.40. The Kier molecular flexibility index (Phi) is 6.11. The number of carbonyl (C=O) groups excluding carboxylic acids is 1. The number of nitro benzene ring substituents is 1. The SMILES string of the molecule is Cc1sc2nc(SCC(=O)Nc3cc([N+](=O)[O-])ccc3O)[nH]c(=O)c2c1-c1ccc(F)cc1. The number of aromatic hydroxyl groups is 1. The molecule has 0 bridgehead atoms. The number of anilines is 1. The molecule has 4 aromatic rings. The molecular weight excluding hydrogens is 471 g/mol. The average Bonchev–Trinajstić information content (AvgIpc) is 3.10. The van der Waals surface area contributed by atoms with E-state index >= 15 is 0 Å². The molecule has 0 aliphatic rings. The van der Waals surface area contributed by atoms with Gasteiger partial charge in [-0.15, -0.1) is 11.3 Å². The second-order valence-electron chi connectivity index (χ2n) is 6.89. The predicted octanol–water partition coefficient (Wildman–Crippen LogP) is 4.44. The van der Waals surface area contributed by atoms with Gasteiger partial charge in [-0.25, -0.2) is 9.37 Å². The molecule has 12 heteroatoms. The van der Waals surface area contributed by atoms with E-state index in [0.717, 1.165) is 34.8 Å². The predicted molar refractivity (Wildman–Crippen MR) is 124 cm³/mol. The number of benzene rings is 2. The fourth-order valence-electron chi connectivity index (χ4n) is 3.19.